The second-order valence-corrected chi connectivity index (χ2v) is 6.22. The van der Waals surface area contributed by atoms with E-state index < -0.39 is 6.61 Å². The molecular formula is C18H27ClF2N2O4. The summed E-state index contributed by atoms with van der Waals surface area (Å²) >= 11 is 0. The van der Waals surface area contributed by atoms with Crippen LogP contribution in [0.15, 0.2) is 12.1 Å². The molecule has 0 saturated carbocycles. The summed E-state index contributed by atoms with van der Waals surface area (Å²) in [6.07, 6.45) is 3.00. The Balaban J connectivity index is 0.00000364. The molecule has 1 fully saturated rings. The lowest BCUT2D eigenvalue weighted by molar-refractivity contribution is -0.0526. The first-order valence-corrected chi connectivity index (χ1v) is 8.64. The first-order valence-electron chi connectivity index (χ1n) is 8.64. The van der Waals surface area contributed by atoms with Crippen molar-refractivity contribution in [2.24, 2.45) is 5.92 Å². The van der Waals surface area contributed by atoms with Crippen molar-refractivity contribution >= 4 is 18.3 Å². The van der Waals surface area contributed by atoms with E-state index >= 15 is 0 Å². The standard InChI is InChI=1S/C18H26F2N2O4.ClH/c1-21-7-4-12-5-8-22(9-6-12)17(23)13-10-14(24-2)16(26-18(19)20)15(11-13)25-3;/h10-12,18,21H,4-9H2,1-3H3;1H. The summed E-state index contributed by atoms with van der Waals surface area (Å²) in [6, 6.07) is 2.82. The summed E-state index contributed by atoms with van der Waals surface area (Å²) in [5, 5.41) is 3.15. The highest BCUT2D eigenvalue weighted by Gasteiger charge is 2.26. The van der Waals surface area contributed by atoms with Crippen LogP contribution in [0.3, 0.4) is 0 Å². The third-order valence-electron chi connectivity index (χ3n) is 4.62. The number of ether oxygens (including phenoxy) is 3. The maximum atomic E-state index is 12.8. The number of carbonyl (C=O) groups excluding carboxylic acids is 1. The fraction of sp³-hybridized carbons (Fsp3) is 0.611. The number of methoxy groups -OCH3 is 2. The van der Waals surface area contributed by atoms with Crippen molar-refractivity contribution in [3.63, 3.8) is 0 Å². The molecule has 0 aliphatic carbocycles. The molecule has 0 radical (unpaired) electrons. The number of hydrogen-bond donors (Lipinski definition) is 1. The van der Waals surface area contributed by atoms with Crippen LogP contribution in [0.5, 0.6) is 17.2 Å². The van der Waals surface area contributed by atoms with Crippen molar-refractivity contribution in [2.45, 2.75) is 25.9 Å². The van der Waals surface area contributed by atoms with Crippen LogP contribution >= 0.6 is 12.4 Å². The molecule has 0 aromatic heterocycles. The smallest absolute Gasteiger partial charge is 0.387 e. The highest BCUT2D eigenvalue weighted by molar-refractivity contribution is 5.95. The number of nitrogens with zero attached hydrogens (tertiary/aromatic N) is 1. The van der Waals surface area contributed by atoms with Crippen LogP contribution in [0, 0.1) is 5.92 Å². The Morgan fingerprint density at radius 3 is 2.22 bits per heavy atom. The molecule has 1 amide bonds. The molecule has 1 aliphatic rings. The van der Waals surface area contributed by atoms with E-state index in [9.17, 15) is 13.6 Å². The number of halogens is 3. The SMILES string of the molecule is CNCCC1CCN(C(=O)c2cc(OC)c(OC(F)F)c(OC)c2)CC1.Cl. The van der Waals surface area contributed by atoms with Gasteiger partial charge in [0.25, 0.3) is 5.91 Å². The molecule has 1 N–H and O–H groups in total. The Labute approximate surface area is 164 Å². The number of amides is 1. The maximum absolute atomic E-state index is 12.8. The Morgan fingerprint density at radius 2 is 1.78 bits per heavy atom. The Kier molecular flexibility index (Phi) is 9.59. The average Bonchev–Trinajstić information content (AvgIpc) is 2.65. The van der Waals surface area contributed by atoms with E-state index in [1.54, 1.807) is 4.90 Å². The highest BCUT2D eigenvalue weighted by atomic mass is 35.5. The van der Waals surface area contributed by atoms with Gasteiger partial charge in [0.2, 0.25) is 5.75 Å². The lowest BCUT2D eigenvalue weighted by Crippen LogP contribution is -2.39. The molecule has 1 aromatic rings. The zero-order valence-electron chi connectivity index (χ0n) is 15.8. The molecule has 0 spiro atoms. The van der Waals surface area contributed by atoms with E-state index in [1.807, 2.05) is 7.05 Å². The van der Waals surface area contributed by atoms with Gasteiger partial charge in [-0.2, -0.15) is 8.78 Å². The van der Waals surface area contributed by atoms with Gasteiger partial charge in [-0.25, -0.2) is 0 Å². The normalized spacial score (nSPS) is 14.7. The van der Waals surface area contributed by atoms with Crippen LogP contribution in [-0.2, 0) is 0 Å². The molecule has 1 heterocycles. The number of alkyl halides is 2. The number of carbonyl (C=O) groups is 1. The van der Waals surface area contributed by atoms with E-state index in [-0.39, 0.29) is 35.6 Å². The van der Waals surface area contributed by atoms with Gasteiger partial charge in [-0.05, 0) is 50.9 Å². The first-order chi connectivity index (χ1) is 12.5. The quantitative estimate of drug-likeness (QED) is 0.715. The van der Waals surface area contributed by atoms with Gasteiger partial charge >= 0.3 is 6.61 Å². The highest BCUT2D eigenvalue weighted by Crippen LogP contribution is 2.40. The molecule has 9 heteroatoms. The molecule has 154 valence electrons. The molecule has 27 heavy (non-hydrogen) atoms. The minimum absolute atomic E-state index is 0. The molecular weight excluding hydrogens is 382 g/mol. The summed E-state index contributed by atoms with van der Waals surface area (Å²) in [5.74, 6) is 0.302. The lowest BCUT2D eigenvalue weighted by Gasteiger charge is -2.32. The third-order valence-corrected chi connectivity index (χ3v) is 4.62. The number of benzene rings is 1. The van der Waals surface area contributed by atoms with Crippen LogP contribution < -0.4 is 19.5 Å². The summed E-state index contributed by atoms with van der Waals surface area (Å²) in [7, 11) is 4.59. The molecule has 1 aliphatic heterocycles. The monoisotopic (exact) mass is 408 g/mol. The molecule has 1 aromatic carbocycles. The van der Waals surface area contributed by atoms with Crippen LogP contribution in [-0.4, -0.2) is 58.3 Å². The van der Waals surface area contributed by atoms with Crippen LogP contribution in [0.1, 0.15) is 29.6 Å². The topological polar surface area (TPSA) is 60.0 Å². The van der Waals surface area contributed by atoms with E-state index in [4.69, 9.17) is 9.47 Å². The van der Waals surface area contributed by atoms with E-state index in [0.29, 0.717) is 24.6 Å². The molecule has 0 bridgehead atoms. The van der Waals surface area contributed by atoms with Crippen molar-refractivity contribution in [1.82, 2.24) is 10.2 Å². The fourth-order valence-corrected chi connectivity index (χ4v) is 3.16. The zero-order valence-corrected chi connectivity index (χ0v) is 16.6. The molecule has 6 nitrogen and oxygen atoms in total. The van der Waals surface area contributed by atoms with E-state index in [1.165, 1.54) is 26.4 Å². The van der Waals surface area contributed by atoms with Gasteiger partial charge in [0, 0.05) is 18.7 Å². The average molecular weight is 409 g/mol. The minimum Gasteiger partial charge on any atom is -0.493 e. The van der Waals surface area contributed by atoms with E-state index in [0.717, 1.165) is 25.8 Å². The summed E-state index contributed by atoms with van der Waals surface area (Å²) in [5.41, 5.74) is 0.328. The first kappa shape index (κ1) is 23.2. The lowest BCUT2D eigenvalue weighted by atomic mass is 9.93. The predicted octanol–water partition coefficient (Wildman–Crippen LogP) is 3.19. The van der Waals surface area contributed by atoms with Crippen molar-refractivity contribution in [2.75, 3.05) is 40.9 Å². The van der Waals surface area contributed by atoms with Gasteiger partial charge in [-0.3, -0.25) is 4.79 Å². The number of nitrogens with one attached hydrogen (secondary N) is 1. The molecule has 1 saturated heterocycles. The van der Waals surface area contributed by atoms with Crippen LogP contribution in [0.2, 0.25) is 0 Å². The minimum atomic E-state index is -3.02. The van der Waals surface area contributed by atoms with Crippen LogP contribution in [0.4, 0.5) is 8.78 Å². The predicted molar refractivity (Wildman–Crippen MR) is 101 cm³/mol. The zero-order chi connectivity index (χ0) is 19.1. The van der Waals surface area contributed by atoms with Crippen molar-refractivity contribution < 1.29 is 27.8 Å². The second-order valence-electron chi connectivity index (χ2n) is 6.22. The number of likely N-dealkylation sites (tertiary alicyclic amines) is 1. The Bertz CT molecular complexity index is 586. The largest absolute Gasteiger partial charge is 0.493 e. The van der Waals surface area contributed by atoms with Gasteiger partial charge in [-0.15, -0.1) is 12.4 Å². The Hall–Kier alpha value is -1.80. The van der Waals surface area contributed by atoms with Crippen molar-refractivity contribution in [1.29, 1.82) is 0 Å². The van der Waals surface area contributed by atoms with Gasteiger partial charge < -0.3 is 24.4 Å². The maximum Gasteiger partial charge on any atom is 0.387 e. The van der Waals surface area contributed by atoms with Gasteiger partial charge in [-0.1, -0.05) is 0 Å². The molecule has 2 rings (SSSR count). The van der Waals surface area contributed by atoms with Crippen LogP contribution in [0.25, 0.3) is 0 Å². The summed E-state index contributed by atoms with van der Waals surface area (Å²) in [4.78, 5) is 14.6. The van der Waals surface area contributed by atoms with Crippen molar-refractivity contribution in [3.8, 4) is 17.2 Å². The van der Waals surface area contributed by atoms with Gasteiger partial charge in [0.1, 0.15) is 0 Å². The third kappa shape index (κ3) is 6.10. The molecule has 0 unspecified atom stereocenters. The number of rotatable bonds is 8. The Morgan fingerprint density at radius 1 is 1.22 bits per heavy atom. The van der Waals surface area contributed by atoms with Gasteiger partial charge in [0.15, 0.2) is 11.5 Å². The second kappa shape index (κ2) is 11.1. The number of piperidine rings is 1. The van der Waals surface area contributed by atoms with Crippen molar-refractivity contribution in [3.05, 3.63) is 17.7 Å². The van der Waals surface area contributed by atoms with E-state index in [2.05, 4.69) is 10.1 Å². The number of hydrogen-bond acceptors (Lipinski definition) is 5. The fourth-order valence-electron chi connectivity index (χ4n) is 3.16. The molecule has 0 atom stereocenters. The van der Waals surface area contributed by atoms with Gasteiger partial charge in [0.05, 0.1) is 14.2 Å². The summed E-state index contributed by atoms with van der Waals surface area (Å²) < 4.78 is 39.9. The summed E-state index contributed by atoms with van der Waals surface area (Å²) in [6.45, 7) is -0.699.